The Labute approximate surface area is 108 Å². The number of carbonyl (C=O) groups excluding carboxylic acids is 1. The second-order valence-electron chi connectivity index (χ2n) is 5.70. The normalized spacial score (nSPS) is 15.4. The van der Waals surface area contributed by atoms with E-state index < -0.39 is 10.7 Å². The Morgan fingerprint density at radius 2 is 1.65 bits per heavy atom. The Balaban J connectivity index is 2.86. The van der Waals surface area contributed by atoms with Gasteiger partial charge >= 0.3 is 0 Å². The number of thiol groups is 1. The minimum absolute atomic E-state index is 0.112. The molecule has 1 aromatic rings. The maximum atomic E-state index is 11.1. The lowest BCUT2D eigenvalue weighted by Crippen LogP contribution is -2.34. The molecule has 3 heteroatoms. The van der Waals surface area contributed by atoms with E-state index in [-0.39, 0.29) is 5.41 Å². The van der Waals surface area contributed by atoms with Gasteiger partial charge in [0.15, 0.2) is 0 Å². The second kappa shape index (κ2) is 4.83. The molecule has 0 bridgehead atoms. The predicted octanol–water partition coefficient (Wildman–Crippen LogP) is 2.73. The Morgan fingerprint density at radius 1 is 1.18 bits per heavy atom. The van der Waals surface area contributed by atoms with E-state index in [1.165, 1.54) is 12.5 Å². The van der Waals surface area contributed by atoms with Crippen molar-refractivity contribution in [2.45, 2.75) is 45.1 Å². The van der Waals surface area contributed by atoms with Crippen molar-refractivity contribution in [3.8, 4) is 0 Å². The van der Waals surface area contributed by atoms with Crippen LogP contribution in [0.25, 0.3) is 0 Å². The van der Waals surface area contributed by atoms with E-state index >= 15 is 0 Å². The molecule has 1 aromatic carbocycles. The van der Waals surface area contributed by atoms with E-state index in [1.54, 1.807) is 0 Å². The third kappa shape index (κ3) is 3.86. The molecule has 0 aliphatic heterocycles. The highest BCUT2D eigenvalue weighted by Crippen LogP contribution is 2.23. The number of rotatable bonds is 3. The summed E-state index contributed by atoms with van der Waals surface area (Å²) in [6.07, 6.45) is 0.291. The van der Waals surface area contributed by atoms with Gasteiger partial charge in [0.05, 0.1) is 0 Å². The monoisotopic (exact) mass is 252 g/mol. The van der Waals surface area contributed by atoms with Gasteiger partial charge in [-0.15, -0.1) is 12.6 Å². The van der Waals surface area contributed by atoms with Crippen molar-refractivity contribution in [3.05, 3.63) is 35.4 Å². The Morgan fingerprint density at radius 3 is 2.00 bits per heavy atom. The van der Waals surface area contributed by atoms with Crippen LogP contribution in [0.5, 0.6) is 0 Å². The molecule has 0 radical (unpaired) electrons. The van der Waals surface area contributed by atoms with Gasteiger partial charge < -0.3 is 5.11 Å². The standard InChI is InChI=1S/C14H20O2S/c1-13(2,3)11-7-5-10(6-8-11)9-14(4,16)12(15)17/h5-8,16H,9H2,1-4H3,(H,15,17). The van der Waals surface area contributed by atoms with Crippen molar-refractivity contribution in [1.82, 2.24) is 0 Å². The summed E-state index contributed by atoms with van der Waals surface area (Å²) in [6.45, 7) is 7.93. The van der Waals surface area contributed by atoms with Gasteiger partial charge in [0, 0.05) is 6.42 Å². The lowest BCUT2D eigenvalue weighted by molar-refractivity contribution is -0.125. The second-order valence-corrected chi connectivity index (χ2v) is 6.11. The molecular weight excluding hydrogens is 232 g/mol. The van der Waals surface area contributed by atoms with Gasteiger partial charge in [0.2, 0.25) is 5.12 Å². The van der Waals surface area contributed by atoms with E-state index in [0.29, 0.717) is 6.42 Å². The summed E-state index contributed by atoms with van der Waals surface area (Å²) in [5, 5.41) is 9.35. The highest BCUT2D eigenvalue weighted by molar-refractivity contribution is 7.96. The largest absolute Gasteiger partial charge is 0.381 e. The summed E-state index contributed by atoms with van der Waals surface area (Å²) in [4.78, 5) is 11.1. The molecule has 1 N–H and O–H groups in total. The van der Waals surface area contributed by atoms with Crippen LogP contribution in [0, 0.1) is 0 Å². The molecule has 0 amide bonds. The van der Waals surface area contributed by atoms with Crippen LogP contribution in [0.15, 0.2) is 24.3 Å². The van der Waals surface area contributed by atoms with Crippen LogP contribution in [0.1, 0.15) is 38.8 Å². The summed E-state index contributed by atoms with van der Waals surface area (Å²) in [7, 11) is 0. The molecule has 0 fully saturated rings. The molecule has 0 aliphatic carbocycles. The van der Waals surface area contributed by atoms with Crippen molar-refractivity contribution in [2.24, 2.45) is 0 Å². The number of aliphatic hydroxyl groups is 1. The number of hydrogen-bond donors (Lipinski definition) is 2. The summed E-state index contributed by atoms with van der Waals surface area (Å²) in [5.41, 5.74) is 0.885. The minimum atomic E-state index is -1.40. The van der Waals surface area contributed by atoms with Crippen LogP contribution < -0.4 is 0 Å². The fraction of sp³-hybridized carbons (Fsp3) is 0.500. The van der Waals surface area contributed by atoms with Crippen molar-refractivity contribution in [2.75, 3.05) is 0 Å². The van der Waals surface area contributed by atoms with Gasteiger partial charge in [0.1, 0.15) is 5.60 Å². The molecule has 1 atom stereocenters. The SMILES string of the molecule is CC(O)(Cc1ccc(C(C)(C)C)cc1)C(=O)S. The molecule has 0 saturated carbocycles. The average Bonchev–Trinajstić information content (AvgIpc) is 2.16. The van der Waals surface area contributed by atoms with Crippen LogP contribution in [-0.2, 0) is 16.6 Å². The third-order valence-corrected chi connectivity index (χ3v) is 3.31. The van der Waals surface area contributed by atoms with Crippen LogP contribution in [0.3, 0.4) is 0 Å². The fourth-order valence-corrected chi connectivity index (χ4v) is 1.67. The topological polar surface area (TPSA) is 37.3 Å². The fourth-order valence-electron chi connectivity index (χ4n) is 1.60. The molecule has 1 unspecified atom stereocenters. The van der Waals surface area contributed by atoms with Crippen LogP contribution in [0.2, 0.25) is 0 Å². The number of hydrogen-bond acceptors (Lipinski definition) is 2. The molecule has 94 valence electrons. The Kier molecular flexibility index (Phi) is 4.05. The molecule has 17 heavy (non-hydrogen) atoms. The third-order valence-electron chi connectivity index (χ3n) is 2.83. The maximum absolute atomic E-state index is 11.1. The first kappa shape index (κ1) is 14.3. The van der Waals surface area contributed by atoms with Crippen molar-refractivity contribution < 1.29 is 9.90 Å². The first-order valence-electron chi connectivity index (χ1n) is 5.68. The molecule has 0 saturated heterocycles. The van der Waals surface area contributed by atoms with Crippen molar-refractivity contribution in [3.63, 3.8) is 0 Å². The molecule has 0 spiro atoms. The molecule has 0 heterocycles. The van der Waals surface area contributed by atoms with Crippen molar-refractivity contribution in [1.29, 1.82) is 0 Å². The zero-order chi connectivity index (χ0) is 13.3. The highest BCUT2D eigenvalue weighted by atomic mass is 32.1. The van der Waals surface area contributed by atoms with Gasteiger partial charge in [-0.25, -0.2) is 0 Å². The first-order valence-corrected chi connectivity index (χ1v) is 6.13. The van der Waals surface area contributed by atoms with E-state index in [0.717, 1.165) is 5.56 Å². The summed E-state index contributed by atoms with van der Waals surface area (Å²) < 4.78 is 0. The van der Waals surface area contributed by atoms with E-state index in [9.17, 15) is 9.90 Å². The lowest BCUT2D eigenvalue weighted by atomic mass is 9.86. The zero-order valence-corrected chi connectivity index (χ0v) is 11.7. The Hall–Kier alpha value is -0.800. The van der Waals surface area contributed by atoms with Gasteiger partial charge in [0.25, 0.3) is 0 Å². The van der Waals surface area contributed by atoms with E-state index in [2.05, 4.69) is 33.4 Å². The number of benzene rings is 1. The molecule has 0 aliphatic rings. The van der Waals surface area contributed by atoms with Gasteiger partial charge in [-0.1, -0.05) is 45.0 Å². The van der Waals surface area contributed by atoms with Crippen molar-refractivity contribution >= 4 is 17.7 Å². The summed E-state index contributed by atoms with van der Waals surface area (Å²) >= 11 is 3.69. The zero-order valence-electron chi connectivity index (χ0n) is 10.8. The van der Waals surface area contributed by atoms with E-state index in [1.807, 2.05) is 24.3 Å². The summed E-state index contributed by atoms with van der Waals surface area (Å²) in [5.74, 6) is 0. The molecule has 2 nitrogen and oxygen atoms in total. The summed E-state index contributed by atoms with van der Waals surface area (Å²) in [6, 6.07) is 7.97. The molecular formula is C14H20O2S. The average molecular weight is 252 g/mol. The maximum Gasteiger partial charge on any atom is 0.217 e. The lowest BCUT2D eigenvalue weighted by Gasteiger charge is -2.21. The smallest absolute Gasteiger partial charge is 0.217 e. The van der Waals surface area contributed by atoms with E-state index in [4.69, 9.17) is 0 Å². The van der Waals surface area contributed by atoms with Crippen LogP contribution in [-0.4, -0.2) is 15.8 Å². The number of carbonyl (C=O) groups is 1. The Bertz CT molecular complexity index is 399. The van der Waals surface area contributed by atoms with Gasteiger partial charge in [-0.3, -0.25) is 4.79 Å². The van der Waals surface area contributed by atoms with Gasteiger partial charge in [-0.2, -0.15) is 0 Å². The first-order chi connectivity index (χ1) is 7.63. The molecule has 0 aromatic heterocycles. The minimum Gasteiger partial charge on any atom is -0.381 e. The van der Waals surface area contributed by atoms with Crippen LogP contribution in [0.4, 0.5) is 0 Å². The molecule has 1 rings (SSSR count). The van der Waals surface area contributed by atoms with Crippen LogP contribution >= 0.6 is 12.6 Å². The predicted molar refractivity (Wildman–Crippen MR) is 73.5 cm³/mol. The highest BCUT2D eigenvalue weighted by Gasteiger charge is 2.27. The quantitative estimate of drug-likeness (QED) is 0.812. The van der Waals surface area contributed by atoms with Gasteiger partial charge in [-0.05, 0) is 23.5 Å².